The SMILES string of the molecule is CNC(=O)Nc1ccc(S(=O)(=O)N2CCC(C3CCN4C(C3)C(C(=O)N3CCC(C)CC3)C[N+]4=O)CC2)cc1. The lowest BCUT2D eigenvalue weighted by atomic mass is 9.75. The first-order valence-corrected chi connectivity index (χ1v) is 15.7. The normalized spacial score (nSPS) is 27.3. The molecule has 1 aromatic carbocycles. The molecular formula is C27H41N6O5S+. The topological polar surface area (TPSA) is 122 Å². The minimum absolute atomic E-state index is 0.0585. The second kappa shape index (κ2) is 11.4. The van der Waals surface area contributed by atoms with E-state index in [0.717, 1.165) is 56.5 Å². The number of nitrogens with zero attached hydrogens (tertiary/aromatic N) is 4. The van der Waals surface area contributed by atoms with E-state index in [1.54, 1.807) is 16.4 Å². The number of rotatable bonds is 5. The number of carbonyl (C=O) groups is 2. The van der Waals surface area contributed by atoms with Crippen LogP contribution in [0.15, 0.2) is 29.2 Å². The van der Waals surface area contributed by atoms with Gasteiger partial charge in [-0.2, -0.15) is 4.31 Å². The molecule has 0 saturated carbocycles. The van der Waals surface area contributed by atoms with E-state index in [4.69, 9.17) is 0 Å². The Kier molecular flexibility index (Phi) is 8.14. The van der Waals surface area contributed by atoms with Crippen LogP contribution in [0.3, 0.4) is 0 Å². The average Bonchev–Trinajstić information content (AvgIpc) is 3.29. The van der Waals surface area contributed by atoms with E-state index in [0.29, 0.717) is 43.1 Å². The zero-order valence-electron chi connectivity index (χ0n) is 22.9. The maximum atomic E-state index is 13.4. The van der Waals surface area contributed by atoms with Crippen molar-refractivity contribution >= 4 is 27.6 Å². The number of hydrazine groups is 1. The molecule has 39 heavy (non-hydrogen) atoms. The average molecular weight is 562 g/mol. The van der Waals surface area contributed by atoms with Crippen molar-refractivity contribution in [3.05, 3.63) is 29.2 Å². The molecule has 0 spiro atoms. The first-order chi connectivity index (χ1) is 18.7. The summed E-state index contributed by atoms with van der Waals surface area (Å²) in [5, 5.41) is 6.97. The molecule has 0 aliphatic carbocycles. The highest BCUT2D eigenvalue weighted by Crippen LogP contribution is 2.40. The molecule has 3 atom stereocenters. The number of fused-ring (bicyclic) bond motifs is 1. The number of likely N-dealkylation sites (tertiary alicyclic amines) is 1. The van der Waals surface area contributed by atoms with Gasteiger partial charge in [0.2, 0.25) is 22.5 Å². The molecule has 4 heterocycles. The first kappa shape index (κ1) is 27.8. The monoisotopic (exact) mass is 561 g/mol. The van der Waals surface area contributed by atoms with Gasteiger partial charge in [0.05, 0.1) is 16.3 Å². The Labute approximate surface area is 230 Å². The summed E-state index contributed by atoms with van der Waals surface area (Å²) in [7, 11) is -2.11. The molecule has 1 aromatic rings. The quantitative estimate of drug-likeness (QED) is 0.533. The number of amides is 3. The van der Waals surface area contributed by atoms with Crippen molar-refractivity contribution in [1.82, 2.24) is 19.5 Å². The zero-order chi connectivity index (χ0) is 27.7. The van der Waals surface area contributed by atoms with Crippen molar-refractivity contribution in [2.45, 2.75) is 56.4 Å². The summed E-state index contributed by atoms with van der Waals surface area (Å²) in [6.07, 6.45) is 5.31. The summed E-state index contributed by atoms with van der Waals surface area (Å²) in [6, 6.07) is 5.80. The molecule has 12 heteroatoms. The fourth-order valence-corrected chi connectivity index (χ4v) is 8.30. The number of nitrogens with one attached hydrogen (secondary N) is 2. The minimum atomic E-state index is -3.63. The first-order valence-electron chi connectivity index (χ1n) is 14.3. The van der Waals surface area contributed by atoms with Crippen LogP contribution in [0.2, 0.25) is 0 Å². The van der Waals surface area contributed by atoms with Gasteiger partial charge in [0.1, 0.15) is 16.8 Å². The van der Waals surface area contributed by atoms with Gasteiger partial charge in [-0.05, 0) is 80.5 Å². The fraction of sp³-hybridized carbons (Fsp3) is 0.704. The van der Waals surface area contributed by atoms with Crippen molar-refractivity contribution in [3.8, 4) is 0 Å². The lowest BCUT2D eigenvalue weighted by Crippen LogP contribution is -2.50. The Bertz CT molecular complexity index is 1180. The van der Waals surface area contributed by atoms with Crippen LogP contribution in [0.5, 0.6) is 0 Å². The van der Waals surface area contributed by atoms with Crippen LogP contribution in [0.25, 0.3) is 0 Å². The Balaban J connectivity index is 1.18. The maximum absolute atomic E-state index is 13.4. The highest BCUT2D eigenvalue weighted by molar-refractivity contribution is 7.89. The van der Waals surface area contributed by atoms with Gasteiger partial charge in [-0.3, -0.25) is 4.79 Å². The van der Waals surface area contributed by atoms with Gasteiger partial charge < -0.3 is 15.5 Å². The molecule has 214 valence electrons. The number of sulfonamides is 1. The lowest BCUT2D eigenvalue weighted by Gasteiger charge is -2.40. The standard InChI is InChI=1S/C27H40N6O5S/c1-19-7-12-30(13-8-19)26(34)24-18-33(36)32-16-11-21(17-25(24)32)20-9-14-31(15-10-20)39(37,38)23-5-3-22(4-6-23)29-27(35)28-2/h3-6,19-21,24-25H,7-18H2,1-2H3,(H-,28,29,35)/p+1. The van der Waals surface area contributed by atoms with Gasteiger partial charge >= 0.3 is 6.03 Å². The van der Waals surface area contributed by atoms with E-state index in [-0.39, 0.29) is 35.3 Å². The molecule has 3 unspecified atom stereocenters. The van der Waals surface area contributed by atoms with Gasteiger partial charge in [-0.1, -0.05) is 6.92 Å². The number of piperidine rings is 3. The van der Waals surface area contributed by atoms with Gasteiger partial charge in [0.25, 0.3) is 0 Å². The Morgan fingerprint density at radius 3 is 2.21 bits per heavy atom. The number of hydrogen-bond donors (Lipinski definition) is 2. The largest absolute Gasteiger partial charge is 0.342 e. The number of nitroso groups, excluding NO2 is 1. The van der Waals surface area contributed by atoms with Crippen LogP contribution in [0.4, 0.5) is 10.5 Å². The third kappa shape index (κ3) is 5.77. The van der Waals surface area contributed by atoms with Crippen LogP contribution in [-0.2, 0) is 14.8 Å². The van der Waals surface area contributed by atoms with E-state index in [9.17, 15) is 22.9 Å². The highest BCUT2D eigenvalue weighted by Gasteiger charge is 2.54. The van der Waals surface area contributed by atoms with Crippen molar-refractivity contribution < 1.29 is 22.9 Å². The smallest absolute Gasteiger partial charge is 0.318 e. The van der Waals surface area contributed by atoms with Gasteiger partial charge in [-0.25, -0.2) is 13.2 Å². The summed E-state index contributed by atoms with van der Waals surface area (Å²) in [4.78, 5) is 40.8. The van der Waals surface area contributed by atoms with E-state index < -0.39 is 10.0 Å². The third-order valence-corrected chi connectivity index (χ3v) is 11.2. The number of urea groups is 1. The summed E-state index contributed by atoms with van der Waals surface area (Å²) in [5.74, 6) is 1.26. The molecule has 2 N–H and O–H groups in total. The van der Waals surface area contributed by atoms with Crippen molar-refractivity contribution in [3.63, 3.8) is 0 Å². The molecule has 5 rings (SSSR count). The van der Waals surface area contributed by atoms with Gasteiger partial charge in [-0.15, -0.1) is 5.01 Å². The van der Waals surface area contributed by atoms with Crippen LogP contribution < -0.4 is 10.6 Å². The van der Waals surface area contributed by atoms with Crippen LogP contribution in [0, 0.1) is 28.6 Å². The number of anilines is 1. The van der Waals surface area contributed by atoms with Crippen LogP contribution in [0.1, 0.15) is 45.4 Å². The molecule has 4 saturated heterocycles. The van der Waals surface area contributed by atoms with Crippen molar-refractivity contribution in [2.75, 3.05) is 51.6 Å². The molecule has 3 amide bonds. The number of carbonyl (C=O) groups excluding carboxylic acids is 2. The van der Waals surface area contributed by atoms with Crippen molar-refractivity contribution in [1.29, 1.82) is 0 Å². The minimum Gasteiger partial charge on any atom is -0.342 e. The second-order valence-electron chi connectivity index (χ2n) is 11.6. The zero-order valence-corrected chi connectivity index (χ0v) is 23.7. The van der Waals surface area contributed by atoms with E-state index in [1.165, 1.54) is 19.2 Å². The Hall–Kier alpha value is -2.73. The summed E-state index contributed by atoms with van der Waals surface area (Å²) >= 11 is 0. The van der Waals surface area contributed by atoms with Crippen molar-refractivity contribution in [2.24, 2.45) is 23.7 Å². The molecular weight excluding hydrogens is 520 g/mol. The molecule has 4 aliphatic heterocycles. The Morgan fingerprint density at radius 1 is 0.923 bits per heavy atom. The van der Waals surface area contributed by atoms with Crippen LogP contribution >= 0.6 is 0 Å². The molecule has 0 bridgehead atoms. The lowest BCUT2D eigenvalue weighted by molar-refractivity contribution is -0.692. The van der Waals surface area contributed by atoms with Crippen LogP contribution in [-0.4, -0.2) is 91.8 Å². The molecule has 4 aliphatic rings. The second-order valence-corrected chi connectivity index (χ2v) is 13.6. The van der Waals surface area contributed by atoms with Gasteiger partial charge in [0, 0.05) is 38.9 Å². The Morgan fingerprint density at radius 2 is 1.56 bits per heavy atom. The summed E-state index contributed by atoms with van der Waals surface area (Å²) in [6.45, 7) is 5.61. The summed E-state index contributed by atoms with van der Waals surface area (Å²) < 4.78 is 28.1. The third-order valence-electron chi connectivity index (χ3n) is 9.31. The molecule has 0 radical (unpaired) electrons. The number of benzene rings is 1. The predicted octanol–water partition coefficient (Wildman–Crippen LogP) is 2.50. The van der Waals surface area contributed by atoms with E-state index in [2.05, 4.69) is 17.6 Å². The van der Waals surface area contributed by atoms with Gasteiger partial charge in [0.15, 0.2) is 0 Å². The molecule has 11 nitrogen and oxygen atoms in total. The molecule has 4 fully saturated rings. The highest BCUT2D eigenvalue weighted by atomic mass is 32.2. The predicted molar refractivity (Wildman–Crippen MR) is 146 cm³/mol. The summed E-state index contributed by atoms with van der Waals surface area (Å²) in [5.41, 5.74) is 0.522. The van der Waals surface area contributed by atoms with E-state index >= 15 is 0 Å². The van der Waals surface area contributed by atoms with E-state index in [1.807, 2.05) is 9.91 Å². The number of hydrogen-bond acceptors (Lipinski definition) is 5. The maximum Gasteiger partial charge on any atom is 0.318 e. The molecule has 0 aromatic heterocycles. The fourth-order valence-electron chi connectivity index (χ4n) is 6.83.